The van der Waals surface area contributed by atoms with E-state index < -0.39 is 0 Å². The summed E-state index contributed by atoms with van der Waals surface area (Å²) in [5, 5.41) is 1.30. The Morgan fingerprint density at radius 1 is 1.04 bits per heavy atom. The van der Waals surface area contributed by atoms with Gasteiger partial charge in [-0.05, 0) is 24.3 Å². The van der Waals surface area contributed by atoms with Crippen molar-refractivity contribution in [2.75, 3.05) is 26.3 Å². The highest BCUT2D eigenvalue weighted by Crippen LogP contribution is 2.31. The standard InChI is InChI=1S/C21H18ClN3O2S/c22-16-6-8-17(9-7-16)28-20-18(21(26)25-10-12-27-13-11-25)14-23-19(24-20)15-4-2-1-3-5-15/h1-9,14H,10-13H2. The van der Waals surface area contributed by atoms with Crippen molar-refractivity contribution >= 4 is 29.3 Å². The summed E-state index contributed by atoms with van der Waals surface area (Å²) < 4.78 is 5.36. The van der Waals surface area contributed by atoms with Crippen LogP contribution in [0.15, 0.2) is 70.7 Å². The second-order valence-electron chi connectivity index (χ2n) is 6.24. The number of nitrogens with zero attached hydrogens (tertiary/aromatic N) is 3. The molecule has 2 aromatic carbocycles. The van der Waals surface area contributed by atoms with Crippen LogP contribution in [0, 0.1) is 0 Å². The predicted molar refractivity (Wildman–Crippen MR) is 110 cm³/mol. The summed E-state index contributed by atoms with van der Waals surface area (Å²) in [6, 6.07) is 17.2. The summed E-state index contributed by atoms with van der Waals surface area (Å²) in [5.41, 5.74) is 1.41. The zero-order chi connectivity index (χ0) is 19.3. The number of carbonyl (C=O) groups is 1. The summed E-state index contributed by atoms with van der Waals surface area (Å²) in [6.07, 6.45) is 1.63. The van der Waals surface area contributed by atoms with Gasteiger partial charge in [0.15, 0.2) is 5.82 Å². The second-order valence-corrected chi connectivity index (χ2v) is 7.74. The number of ether oxygens (including phenoxy) is 1. The molecule has 0 atom stereocenters. The summed E-state index contributed by atoms with van der Waals surface area (Å²) in [7, 11) is 0. The topological polar surface area (TPSA) is 55.3 Å². The van der Waals surface area contributed by atoms with Gasteiger partial charge in [-0.15, -0.1) is 0 Å². The first kappa shape index (κ1) is 18.9. The first-order valence-electron chi connectivity index (χ1n) is 8.93. The molecule has 0 N–H and O–H groups in total. The van der Waals surface area contributed by atoms with Crippen molar-refractivity contribution < 1.29 is 9.53 Å². The van der Waals surface area contributed by atoms with E-state index >= 15 is 0 Å². The van der Waals surface area contributed by atoms with Crippen molar-refractivity contribution in [3.63, 3.8) is 0 Å². The van der Waals surface area contributed by atoms with Crippen LogP contribution in [0.3, 0.4) is 0 Å². The molecule has 0 aliphatic carbocycles. The zero-order valence-electron chi connectivity index (χ0n) is 15.0. The number of aromatic nitrogens is 2. The number of hydrogen-bond donors (Lipinski definition) is 0. The van der Waals surface area contributed by atoms with Crippen LogP contribution in [0.2, 0.25) is 5.02 Å². The van der Waals surface area contributed by atoms with Gasteiger partial charge in [-0.25, -0.2) is 9.97 Å². The van der Waals surface area contributed by atoms with Gasteiger partial charge < -0.3 is 9.64 Å². The Kier molecular flexibility index (Phi) is 5.90. The van der Waals surface area contributed by atoms with Crippen molar-refractivity contribution in [2.24, 2.45) is 0 Å². The summed E-state index contributed by atoms with van der Waals surface area (Å²) in [4.78, 5) is 25.0. The number of hydrogen-bond acceptors (Lipinski definition) is 5. The Morgan fingerprint density at radius 3 is 2.46 bits per heavy atom. The van der Waals surface area contributed by atoms with Gasteiger partial charge >= 0.3 is 0 Å². The van der Waals surface area contributed by atoms with E-state index in [4.69, 9.17) is 21.3 Å². The number of morpholine rings is 1. The monoisotopic (exact) mass is 411 g/mol. The van der Waals surface area contributed by atoms with E-state index in [1.165, 1.54) is 11.8 Å². The van der Waals surface area contributed by atoms with Crippen LogP contribution in [0.4, 0.5) is 0 Å². The lowest BCUT2D eigenvalue weighted by Crippen LogP contribution is -2.41. The van der Waals surface area contributed by atoms with Gasteiger partial charge in [0, 0.05) is 34.8 Å². The molecule has 7 heteroatoms. The summed E-state index contributed by atoms with van der Waals surface area (Å²) >= 11 is 7.43. The zero-order valence-corrected chi connectivity index (χ0v) is 16.6. The fourth-order valence-corrected chi connectivity index (χ4v) is 3.87. The maximum Gasteiger partial charge on any atom is 0.258 e. The molecule has 1 fully saturated rings. The van der Waals surface area contributed by atoms with Crippen LogP contribution in [0.5, 0.6) is 0 Å². The molecule has 28 heavy (non-hydrogen) atoms. The summed E-state index contributed by atoms with van der Waals surface area (Å²) in [6.45, 7) is 2.25. The molecular weight excluding hydrogens is 394 g/mol. The molecule has 142 valence electrons. The normalized spacial score (nSPS) is 14.1. The lowest BCUT2D eigenvalue weighted by molar-refractivity contribution is 0.0299. The molecule has 1 aromatic heterocycles. The smallest absolute Gasteiger partial charge is 0.258 e. The Hall–Kier alpha value is -2.41. The van der Waals surface area contributed by atoms with Crippen LogP contribution in [-0.4, -0.2) is 47.1 Å². The van der Waals surface area contributed by atoms with E-state index in [2.05, 4.69) is 4.98 Å². The van der Waals surface area contributed by atoms with Gasteiger partial charge in [-0.2, -0.15) is 0 Å². The van der Waals surface area contributed by atoms with Crippen LogP contribution in [0.1, 0.15) is 10.4 Å². The lowest BCUT2D eigenvalue weighted by Gasteiger charge is -2.27. The minimum absolute atomic E-state index is 0.0700. The molecule has 0 unspecified atom stereocenters. The van der Waals surface area contributed by atoms with E-state index in [0.717, 1.165) is 10.5 Å². The van der Waals surface area contributed by atoms with Crippen LogP contribution in [0.25, 0.3) is 11.4 Å². The Labute approximate surface area is 172 Å². The van der Waals surface area contributed by atoms with E-state index in [0.29, 0.717) is 47.7 Å². The molecular formula is C21H18ClN3O2S. The van der Waals surface area contributed by atoms with Crippen molar-refractivity contribution in [3.05, 3.63) is 71.4 Å². The molecule has 1 amide bonds. The van der Waals surface area contributed by atoms with Crippen molar-refractivity contribution in [1.82, 2.24) is 14.9 Å². The molecule has 0 spiro atoms. The Balaban J connectivity index is 1.71. The van der Waals surface area contributed by atoms with Crippen LogP contribution >= 0.6 is 23.4 Å². The molecule has 5 nitrogen and oxygen atoms in total. The molecule has 0 bridgehead atoms. The Morgan fingerprint density at radius 2 is 1.75 bits per heavy atom. The van der Waals surface area contributed by atoms with Crippen molar-refractivity contribution in [2.45, 2.75) is 9.92 Å². The third-order valence-electron chi connectivity index (χ3n) is 4.34. The van der Waals surface area contributed by atoms with E-state index in [-0.39, 0.29) is 5.91 Å². The van der Waals surface area contributed by atoms with Gasteiger partial charge in [0.25, 0.3) is 5.91 Å². The maximum atomic E-state index is 13.1. The average molecular weight is 412 g/mol. The Bertz CT molecular complexity index is 961. The molecule has 1 aliphatic heterocycles. The molecule has 2 heterocycles. The lowest BCUT2D eigenvalue weighted by atomic mass is 10.2. The fourth-order valence-electron chi connectivity index (χ4n) is 2.87. The highest BCUT2D eigenvalue weighted by Gasteiger charge is 2.23. The van der Waals surface area contributed by atoms with E-state index in [1.807, 2.05) is 54.6 Å². The molecule has 1 saturated heterocycles. The van der Waals surface area contributed by atoms with Gasteiger partial charge in [0.1, 0.15) is 5.03 Å². The van der Waals surface area contributed by atoms with Gasteiger partial charge in [0.2, 0.25) is 0 Å². The molecule has 3 aromatic rings. The minimum Gasteiger partial charge on any atom is -0.378 e. The number of rotatable bonds is 4. The average Bonchev–Trinajstić information content (AvgIpc) is 2.76. The first-order valence-corrected chi connectivity index (χ1v) is 10.1. The van der Waals surface area contributed by atoms with Crippen molar-refractivity contribution in [3.8, 4) is 11.4 Å². The highest BCUT2D eigenvalue weighted by atomic mass is 35.5. The van der Waals surface area contributed by atoms with Crippen LogP contribution in [-0.2, 0) is 4.74 Å². The number of amides is 1. The third-order valence-corrected chi connectivity index (χ3v) is 5.61. The second kappa shape index (κ2) is 8.73. The largest absolute Gasteiger partial charge is 0.378 e. The fraction of sp³-hybridized carbons (Fsp3) is 0.190. The molecule has 0 saturated carbocycles. The number of halogens is 1. The predicted octanol–water partition coefficient (Wildman–Crippen LogP) is 4.42. The first-order chi connectivity index (χ1) is 13.7. The number of carbonyl (C=O) groups excluding carboxylic acids is 1. The van der Waals surface area contributed by atoms with Gasteiger partial charge in [-0.1, -0.05) is 53.7 Å². The quantitative estimate of drug-likeness (QED) is 0.595. The van der Waals surface area contributed by atoms with E-state index in [9.17, 15) is 4.79 Å². The van der Waals surface area contributed by atoms with Gasteiger partial charge in [0.05, 0.1) is 18.8 Å². The summed E-state index contributed by atoms with van der Waals surface area (Å²) in [5.74, 6) is 0.523. The van der Waals surface area contributed by atoms with Crippen LogP contribution < -0.4 is 0 Å². The minimum atomic E-state index is -0.0700. The molecule has 1 aliphatic rings. The maximum absolute atomic E-state index is 13.1. The SMILES string of the molecule is O=C(c1cnc(-c2ccccc2)nc1Sc1ccc(Cl)cc1)N1CCOCC1. The van der Waals surface area contributed by atoms with Crippen molar-refractivity contribution in [1.29, 1.82) is 0 Å². The molecule has 0 radical (unpaired) electrons. The highest BCUT2D eigenvalue weighted by molar-refractivity contribution is 7.99. The van der Waals surface area contributed by atoms with E-state index in [1.54, 1.807) is 11.1 Å². The third kappa shape index (κ3) is 4.35. The number of benzene rings is 2. The molecule has 4 rings (SSSR count). The van der Waals surface area contributed by atoms with Gasteiger partial charge in [-0.3, -0.25) is 4.79 Å².